The van der Waals surface area contributed by atoms with Crippen molar-refractivity contribution in [3.05, 3.63) is 41.5 Å². The van der Waals surface area contributed by atoms with Gasteiger partial charge in [-0.3, -0.25) is 4.79 Å². The van der Waals surface area contributed by atoms with Gasteiger partial charge in [-0.2, -0.15) is 0 Å². The van der Waals surface area contributed by atoms with E-state index in [-0.39, 0.29) is 5.91 Å². The highest BCUT2D eigenvalue weighted by Gasteiger charge is 2.30. The first-order chi connectivity index (χ1) is 13.2. The molecule has 1 saturated heterocycles. The predicted octanol–water partition coefficient (Wildman–Crippen LogP) is 2.05. The van der Waals surface area contributed by atoms with Gasteiger partial charge in [-0.05, 0) is 18.9 Å². The van der Waals surface area contributed by atoms with Crippen LogP contribution in [0.15, 0.2) is 23.0 Å². The maximum absolute atomic E-state index is 13.1. The van der Waals surface area contributed by atoms with Crippen LogP contribution < -0.4 is 0 Å². The number of hydrogen-bond acceptors (Lipinski definition) is 6. The quantitative estimate of drug-likeness (QED) is 0.689. The molecule has 0 aromatic carbocycles. The molecule has 140 valence electrons. The number of hydrogen-bond donors (Lipinski definition) is 0. The van der Waals surface area contributed by atoms with Crippen molar-refractivity contribution >= 4 is 17.1 Å². The summed E-state index contributed by atoms with van der Waals surface area (Å²) in [5.41, 5.74) is 2.81. The summed E-state index contributed by atoms with van der Waals surface area (Å²) in [7, 11) is 1.87. The third kappa shape index (κ3) is 2.80. The van der Waals surface area contributed by atoms with Crippen molar-refractivity contribution < 1.29 is 13.9 Å². The molecule has 27 heavy (non-hydrogen) atoms. The lowest BCUT2D eigenvalue weighted by Gasteiger charge is -2.25. The highest BCUT2D eigenvalue weighted by Crippen LogP contribution is 2.30. The SMILES string of the molecule is Cn1cnc2c(C(=O)N3CCc4oc(C5CCOCC5)nc4C3)ccnc21. The fourth-order valence-corrected chi connectivity index (χ4v) is 3.88. The summed E-state index contributed by atoms with van der Waals surface area (Å²) in [5, 5.41) is 0. The number of pyridine rings is 1. The summed E-state index contributed by atoms with van der Waals surface area (Å²) in [5.74, 6) is 2.00. The molecule has 0 unspecified atom stereocenters. The van der Waals surface area contributed by atoms with Crippen molar-refractivity contribution in [1.29, 1.82) is 0 Å². The molecule has 5 heterocycles. The molecule has 1 fully saturated rings. The van der Waals surface area contributed by atoms with Crippen molar-refractivity contribution in [3.63, 3.8) is 0 Å². The van der Waals surface area contributed by atoms with Crippen LogP contribution in [0.25, 0.3) is 11.2 Å². The number of nitrogens with zero attached hydrogens (tertiary/aromatic N) is 5. The van der Waals surface area contributed by atoms with E-state index < -0.39 is 0 Å². The number of aryl methyl sites for hydroxylation is 1. The Labute approximate surface area is 156 Å². The maximum Gasteiger partial charge on any atom is 0.256 e. The first kappa shape index (κ1) is 16.4. The van der Waals surface area contributed by atoms with Crippen molar-refractivity contribution in [2.24, 2.45) is 7.05 Å². The van der Waals surface area contributed by atoms with Crippen LogP contribution >= 0.6 is 0 Å². The van der Waals surface area contributed by atoms with E-state index in [1.54, 1.807) is 18.6 Å². The van der Waals surface area contributed by atoms with E-state index in [4.69, 9.17) is 14.1 Å². The molecule has 0 spiro atoms. The molecule has 0 bridgehead atoms. The number of ether oxygens (including phenoxy) is 1. The van der Waals surface area contributed by atoms with Crippen molar-refractivity contribution in [3.8, 4) is 0 Å². The van der Waals surface area contributed by atoms with Gasteiger partial charge in [-0.15, -0.1) is 0 Å². The summed E-state index contributed by atoms with van der Waals surface area (Å²) < 4.78 is 13.3. The zero-order chi connectivity index (χ0) is 18.4. The van der Waals surface area contributed by atoms with Crippen molar-refractivity contribution in [1.82, 2.24) is 24.4 Å². The summed E-state index contributed by atoms with van der Waals surface area (Å²) in [6, 6.07) is 1.74. The van der Waals surface area contributed by atoms with Gasteiger partial charge >= 0.3 is 0 Å². The first-order valence-corrected chi connectivity index (χ1v) is 9.32. The fraction of sp³-hybridized carbons (Fsp3) is 0.474. The van der Waals surface area contributed by atoms with Crippen LogP contribution in [0.3, 0.4) is 0 Å². The number of oxazole rings is 1. The van der Waals surface area contributed by atoms with E-state index in [0.29, 0.717) is 42.2 Å². The van der Waals surface area contributed by atoms with Gasteiger partial charge in [-0.25, -0.2) is 15.0 Å². The Morgan fingerprint density at radius 2 is 2.11 bits per heavy atom. The summed E-state index contributed by atoms with van der Waals surface area (Å²) in [4.78, 5) is 28.3. The molecule has 0 atom stereocenters. The molecule has 8 heteroatoms. The molecule has 3 aromatic heterocycles. The van der Waals surface area contributed by atoms with E-state index in [2.05, 4.69) is 9.97 Å². The third-order valence-electron chi connectivity index (χ3n) is 5.43. The molecule has 0 N–H and O–H groups in total. The van der Waals surface area contributed by atoms with Gasteiger partial charge < -0.3 is 18.6 Å². The largest absolute Gasteiger partial charge is 0.445 e. The van der Waals surface area contributed by atoms with Gasteiger partial charge in [0.2, 0.25) is 0 Å². The van der Waals surface area contributed by atoms with E-state index in [0.717, 1.165) is 43.4 Å². The van der Waals surface area contributed by atoms with E-state index >= 15 is 0 Å². The number of imidazole rings is 1. The molecule has 5 rings (SSSR count). The zero-order valence-electron chi connectivity index (χ0n) is 15.2. The topological polar surface area (TPSA) is 86.3 Å². The molecule has 1 amide bonds. The Morgan fingerprint density at radius 1 is 1.26 bits per heavy atom. The van der Waals surface area contributed by atoms with Gasteiger partial charge in [0.05, 0.1) is 18.4 Å². The number of carbonyl (C=O) groups is 1. The molecule has 2 aliphatic heterocycles. The summed E-state index contributed by atoms with van der Waals surface area (Å²) in [6.07, 6.45) is 5.91. The summed E-state index contributed by atoms with van der Waals surface area (Å²) >= 11 is 0. The molecule has 2 aliphatic rings. The molecule has 0 radical (unpaired) electrons. The van der Waals surface area contributed by atoms with E-state index in [1.165, 1.54) is 0 Å². The van der Waals surface area contributed by atoms with Crippen LogP contribution in [0.4, 0.5) is 0 Å². The standard InChI is InChI=1S/C19H21N5O3/c1-23-11-21-16-13(2-6-20-17(16)23)19(25)24-7-3-15-14(10-24)22-18(27-15)12-4-8-26-9-5-12/h2,6,11-12H,3-5,7-10H2,1H3. The monoisotopic (exact) mass is 367 g/mol. The van der Waals surface area contributed by atoms with Crippen LogP contribution in [-0.2, 0) is 24.8 Å². The fourth-order valence-electron chi connectivity index (χ4n) is 3.88. The highest BCUT2D eigenvalue weighted by atomic mass is 16.5. The zero-order valence-corrected chi connectivity index (χ0v) is 15.2. The Hall–Kier alpha value is -2.74. The predicted molar refractivity (Wildman–Crippen MR) is 96.3 cm³/mol. The second-order valence-electron chi connectivity index (χ2n) is 7.17. The van der Waals surface area contributed by atoms with Gasteiger partial charge in [-0.1, -0.05) is 0 Å². The van der Waals surface area contributed by atoms with Crippen LogP contribution in [0.2, 0.25) is 0 Å². The maximum atomic E-state index is 13.1. The van der Waals surface area contributed by atoms with Crippen molar-refractivity contribution in [2.75, 3.05) is 19.8 Å². The normalized spacial score (nSPS) is 18.0. The lowest BCUT2D eigenvalue weighted by molar-refractivity contribution is 0.0727. The Kier molecular flexibility index (Phi) is 3.93. The van der Waals surface area contributed by atoms with Crippen LogP contribution in [0.5, 0.6) is 0 Å². The van der Waals surface area contributed by atoms with Crippen molar-refractivity contribution in [2.45, 2.75) is 31.7 Å². The second-order valence-corrected chi connectivity index (χ2v) is 7.17. The average Bonchev–Trinajstić information content (AvgIpc) is 3.31. The Morgan fingerprint density at radius 3 is 2.96 bits per heavy atom. The highest BCUT2D eigenvalue weighted by molar-refractivity contribution is 6.04. The second kappa shape index (κ2) is 6.45. The number of fused-ring (bicyclic) bond motifs is 2. The molecular formula is C19H21N5O3. The van der Waals surface area contributed by atoms with Gasteiger partial charge in [0.25, 0.3) is 5.91 Å². The van der Waals surface area contributed by atoms with Crippen LogP contribution in [0.1, 0.15) is 46.5 Å². The number of aromatic nitrogens is 4. The average molecular weight is 367 g/mol. The van der Waals surface area contributed by atoms with E-state index in [1.807, 2.05) is 16.5 Å². The van der Waals surface area contributed by atoms with Gasteiger partial charge in [0.1, 0.15) is 17.0 Å². The van der Waals surface area contributed by atoms with Gasteiger partial charge in [0, 0.05) is 45.3 Å². The van der Waals surface area contributed by atoms with E-state index in [9.17, 15) is 4.79 Å². The lowest BCUT2D eigenvalue weighted by atomic mass is 10.0. The number of carbonyl (C=O) groups excluding carboxylic acids is 1. The molecule has 3 aromatic rings. The summed E-state index contributed by atoms with van der Waals surface area (Å²) in [6.45, 7) is 2.59. The van der Waals surface area contributed by atoms with Gasteiger partial charge in [0.15, 0.2) is 11.5 Å². The molecule has 0 aliphatic carbocycles. The van der Waals surface area contributed by atoms with Crippen LogP contribution in [0, 0.1) is 0 Å². The number of amides is 1. The Bertz CT molecular complexity index is 1000. The lowest BCUT2D eigenvalue weighted by Crippen LogP contribution is -2.36. The molecular weight excluding hydrogens is 346 g/mol. The minimum absolute atomic E-state index is 0.0395. The molecule has 0 saturated carbocycles. The number of rotatable bonds is 2. The smallest absolute Gasteiger partial charge is 0.256 e. The van der Waals surface area contributed by atoms with Crippen LogP contribution in [-0.4, -0.2) is 50.1 Å². The molecule has 8 nitrogen and oxygen atoms in total. The third-order valence-corrected chi connectivity index (χ3v) is 5.43. The minimum Gasteiger partial charge on any atom is -0.445 e. The first-order valence-electron chi connectivity index (χ1n) is 9.32. The Balaban J connectivity index is 1.40. The minimum atomic E-state index is -0.0395.